The Morgan fingerprint density at radius 2 is 2.00 bits per heavy atom. The minimum absolute atomic E-state index is 0.159. The van der Waals surface area contributed by atoms with Crippen molar-refractivity contribution in [1.29, 1.82) is 0 Å². The van der Waals surface area contributed by atoms with E-state index in [4.69, 9.17) is 16.4 Å². The van der Waals surface area contributed by atoms with E-state index in [-0.39, 0.29) is 24.9 Å². The lowest BCUT2D eigenvalue weighted by Crippen LogP contribution is -2.18. The summed E-state index contributed by atoms with van der Waals surface area (Å²) in [4.78, 5) is 26.7. The molecule has 0 saturated heterocycles. The Kier molecular flexibility index (Phi) is 6.52. The zero-order valence-electron chi connectivity index (χ0n) is 11.5. The second-order valence-corrected chi connectivity index (χ2v) is 4.59. The predicted molar refractivity (Wildman–Crippen MR) is 73.9 cm³/mol. The van der Waals surface area contributed by atoms with Crippen LogP contribution in [-0.4, -0.2) is 11.9 Å². The molecule has 6 nitrogen and oxygen atoms in total. The third-order valence-corrected chi connectivity index (χ3v) is 2.98. The topological polar surface area (TPSA) is 105 Å². The van der Waals surface area contributed by atoms with Crippen LogP contribution in [-0.2, 0) is 25.8 Å². The number of anilines is 1. The third kappa shape index (κ3) is 5.27. The Hall–Kier alpha value is -2.08. The minimum Gasteiger partial charge on any atom is -0.461 e. The molecule has 6 heteroatoms. The van der Waals surface area contributed by atoms with Gasteiger partial charge in [-0.25, -0.2) is 0 Å². The zero-order valence-corrected chi connectivity index (χ0v) is 11.5. The number of benzene rings is 1. The SMILES string of the molecule is C[C@@H](CCCC(=O)OCc1ccccc1N)C(=O)ON. The van der Waals surface area contributed by atoms with Gasteiger partial charge in [-0.05, 0) is 18.9 Å². The fourth-order valence-corrected chi connectivity index (χ4v) is 1.68. The number of esters is 1. The van der Waals surface area contributed by atoms with Crippen LogP contribution >= 0.6 is 0 Å². The van der Waals surface area contributed by atoms with Crippen molar-refractivity contribution in [1.82, 2.24) is 0 Å². The van der Waals surface area contributed by atoms with Crippen molar-refractivity contribution in [3.05, 3.63) is 29.8 Å². The summed E-state index contributed by atoms with van der Waals surface area (Å²) in [6.07, 6.45) is 1.31. The van der Waals surface area contributed by atoms with Crippen molar-refractivity contribution in [3.8, 4) is 0 Å². The molecular formula is C14H20N2O4. The summed E-state index contributed by atoms with van der Waals surface area (Å²) in [7, 11) is 0. The van der Waals surface area contributed by atoms with E-state index in [0.29, 0.717) is 18.5 Å². The lowest BCUT2D eigenvalue weighted by molar-refractivity contribution is -0.150. The summed E-state index contributed by atoms with van der Waals surface area (Å²) in [6, 6.07) is 7.21. The molecule has 0 saturated carbocycles. The van der Waals surface area contributed by atoms with Crippen molar-refractivity contribution in [3.63, 3.8) is 0 Å². The average Bonchev–Trinajstić information content (AvgIpc) is 2.45. The maximum absolute atomic E-state index is 11.5. The second-order valence-electron chi connectivity index (χ2n) is 4.59. The molecule has 4 N–H and O–H groups in total. The first-order chi connectivity index (χ1) is 9.54. The van der Waals surface area contributed by atoms with Crippen molar-refractivity contribution in [2.24, 2.45) is 11.8 Å². The first-order valence-corrected chi connectivity index (χ1v) is 6.44. The molecule has 0 aromatic heterocycles. The van der Waals surface area contributed by atoms with E-state index in [2.05, 4.69) is 4.84 Å². The molecule has 1 aromatic carbocycles. The van der Waals surface area contributed by atoms with Crippen molar-refractivity contribution >= 4 is 17.6 Å². The van der Waals surface area contributed by atoms with Gasteiger partial charge in [-0.1, -0.05) is 25.1 Å². The van der Waals surface area contributed by atoms with Crippen LogP contribution in [0.3, 0.4) is 0 Å². The smallest absolute Gasteiger partial charge is 0.327 e. The van der Waals surface area contributed by atoms with Crippen LogP contribution < -0.4 is 11.6 Å². The lowest BCUT2D eigenvalue weighted by Gasteiger charge is -2.09. The Labute approximate surface area is 118 Å². The summed E-state index contributed by atoms with van der Waals surface area (Å²) in [5, 5.41) is 0. The fourth-order valence-electron chi connectivity index (χ4n) is 1.68. The van der Waals surface area contributed by atoms with E-state index in [9.17, 15) is 9.59 Å². The number of ether oxygens (including phenoxy) is 1. The van der Waals surface area contributed by atoms with Gasteiger partial charge in [-0.3, -0.25) is 9.59 Å². The van der Waals surface area contributed by atoms with Gasteiger partial charge in [0.1, 0.15) is 6.61 Å². The number of nitrogen functional groups attached to an aromatic ring is 1. The monoisotopic (exact) mass is 280 g/mol. The van der Waals surface area contributed by atoms with E-state index in [1.807, 2.05) is 18.2 Å². The van der Waals surface area contributed by atoms with Gasteiger partial charge < -0.3 is 15.3 Å². The van der Waals surface area contributed by atoms with Crippen molar-refractivity contribution < 1.29 is 19.2 Å². The molecule has 0 aliphatic carbocycles. The highest BCUT2D eigenvalue weighted by molar-refractivity contribution is 5.72. The summed E-state index contributed by atoms with van der Waals surface area (Å²) < 4.78 is 5.12. The summed E-state index contributed by atoms with van der Waals surface area (Å²) in [5.74, 6) is 3.66. The first-order valence-electron chi connectivity index (χ1n) is 6.44. The van der Waals surface area contributed by atoms with E-state index in [0.717, 1.165) is 5.56 Å². The number of rotatable bonds is 7. The van der Waals surface area contributed by atoms with Crippen LogP contribution in [0.15, 0.2) is 24.3 Å². The molecule has 0 aliphatic heterocycles. The highest BCUT2D eigenvalue weighted by Gasteiger charge is 2.14. The third-order valence-electron chi connectivity index (χ3n) is 2.98. The molecule has 0 unspecified atom stereocenters. The molecule has 0 radical (unpaired) electrons. The molecule has 0 aliphatic rings. The molecule has 0 bridgehead atoms. The van der Waals surface area contributed by atoms with Crippen molar-refractivity contribution in [2.75, 3.05) is 5.73 Å². The zero-order chi connectivity index (χ0) is 15.0. The second kappa shape index (κ2) is 8.16. The van der Waals surface area contributed by atoms with E-state index in [1.165, 1.54) is 0 Å². The van der Waals surface area contributed by atoms with Gasteiger partial charge in [-0.2, -0.15) is 5.90 Å². The molecule has 1 aromatic rings. The largest absolute Gasteiger partial charge is 0.461 e. The molecule has 0 spiro atoms. The highest BCUT2D eigenvalue weighted by Crippen LogP contribution is 2.13. The standard InChI is InChI=1S/C14H20N2O4/c1-10(14(18)20-16)5-4-8-13(17)19-9-11-6-2-3-7-12(11)15/h2-3,6-7,10H,4-5,8-9,15-16H2,1H3/t10-/m0/s1. The molecule has 0 heterocycles. The van der Waals surface area contributed by atoms with Gasteiger partial charge in [-0.15, -0.1) is 0 Å². The number of hydrogen-bond acceptors (Lipinski definition) is 6. The van der Waals surface area contributed by atoms with Gasteiger partial charge in [0.25, 0.3) is 0 Å². The molecule has 0 fully saturated rings. The number of nitrogens with two attached hydrogens (primary N) is 2. The van der Waals surface area contributed by atoms with Crippen LogP contribution in [0.1, 0.15) is 31.7 Å². The molecule has 110 valence electrons. The highest BCUT2D eigenvalue weighted by atomic mass is 16.7. The van der Waals surface area contributed by atoms with Crippen LogP contribution in [0, 0.1) is 5.92 Å². The Morgan fingerprint density at radius 1 is 1.30 bits per heavy atom. The summed E-state index contributed by atoms with van der Waals surface area (Å²) >= 11 is 0. The number of hydrogen-bond donors (Lipinski definition) is 2. The Balaban J connectivity index is 2.24. The molecule has 0 amide bonds. The normalized spacial score (nSPS) is 11.7. The van der Waals surface area contributed by atoms with Gasteiger partial charge >= 0.3 is 11.9 Å². The van der Waals surface area contributed by atoms with E-state index < -0.39 is 5.97 Å². The number of carbonyl (C=O) groups is 2. The Bertz CT molecular complexity index is 462. The van der Waals surface area contributed by atoms with Gasteiger partial charge in [0.2, 0.25) is 0 Å². The lowest BCUT2D eigenvalue weighted by atomic mass is 10.0. The van der Waals surface area contributed by atoms with E-state index >= 15 is 0 Å². The van der Waals surface area contributed by atoms with Crippen LogP contribution in [0.2, 0.25) is 0 Å². The predicted octanol–water partition coefficient (Wildman–Crippen LogP) is 1.54. The van der Waals surface area contributed by atoms with Crippen molar-refractivity contribution in [2.45, 2.75) is 32.8 Å². The van der Waals surface area contributed by atoms with Gasteiger partial charge in [0.05, 0.1) is 5.92 Å². The number of para-hydroxylation sites is 1. The van der Waals surface area contributed by atoms with E-state index in [1.54, 1.807) is 13.0 Å². The van der Waals surface area contributed by atoms with Gasteiger partial charge in [0, 0.05) is 17.7 Å². The van der Waals surface area contributed by atoms with Crippen LogP contribution in [0.5, 0.6) is 0 Å². The first kappa shape index (κ1) is 16.0. The molecule has 20 heavy (non-hydrogen) atoms. The summed E-state index contributed by atoms with van der Waals surface area (Å²) in [5.41, 5.74) is 7.12. The van der Waals surface area contributed by atoms with Crippen LogP contribution in [0.25, 0.3) is 0 Å². The molecule has 1 atom stereocenters. The molecule has 1 rings (SSSR count). The molecular weight excluding hydrogens is 260 g/mol. The van der Waals surface area contributed by atoms with Crippen LogP contribution in [0.4, 0.5) is 5.69 Å². The quantitative estimate of drug-likeness (QED) is 0.446. The maximum atomic E-state index is 11.5. The number of carbonyl (C=O) groups excluding carboxylic acids is 2. The van der Waals surface area contributed by atoms with Gasteiger partial charge in [0.15, 0.2) is 0 Å². The fraction of sp³-hybridized carbons (Fsp3) is 0.429. The average molecular weight is 280 g/mol. The maximum Gasteiger partial charge on any atom is 0.327 e. The summed E-state index contributed by atoms with van der Waals surface area (Å²) in [6.45, 7) is 1.86. The minimum atomic E-state index is -0.476. The Morgan fingerprint density at radius 3 is 2.65 bits per heavy atom.